The second-order valence-corrected chi connectivity index (χ2v) is 9.70. The summed E-state index contributed by atoms with van der Waals surface area (Å²) in [6, 6.07) is 28.4. The number of aromatic hydroxyl groups is 2. The van der Waals surface area contributed by atoms with Crippen LogP contribution < -0.4 is 11.1 Å². The van der Waals surface area contributed by atoms with E-state index in [0.29, 0.717) is 11.4 Å². The standard InChI is InChI=1S/C14H12BrNO3.C8H7ClO2.C6H6BrNO/c15-11-6-7-13(17)12(8-11)16-14(18)19-9-10-4-2-1-3-5-10;9-8(10)11-6-7-4-2-1-3-5-7;7-4-1-2-6(9)5(8)3-4/h1-8,17H,9H2,(H,16,18);1-5H,6H2;1-3,9H,8H2. The Balaban J connectivity index is 0.000000226. The Hall–Kier alpha value is -3.73. The van der Waals surface area contributed by atoms with Crippen molar-refractivity contribution in [1.82, 2.24) is 0 Å². The molecule has 0 saturated carbocycles. The lowest BCUT2D eigenvalue weighted by atomic mass is 10.2. The highest BCUT2D eigenvalue weighted by Gasteiger charge is 2.08. The van der Waals surface area contributed by atoms with Crippen LogP contribution in [0.4, 0.5) is 21.0 Å². The van der Waals surface area contributed by atoms with E-state index in [2.05, 4.69) is 41.9 Å². The van der Waals surface area contributed by atoms with Gasteiger partial charge in [0.05, 0.1) is 11.4 Å². The topological polar surface area (TPSA) is 131 Å². The number of nitrogen functional groups attached to an aromatic ring is 1. The molecule has 0 heterocycles. The smallest absolute Gasteiger partial charge is 0.412 e. The number of hydrogen-bond acceptors (Lipinski definition) is 7. The van der Waals surface area contributed by atoms with E-state index in [4.69, 9.17) is 27.2 Å². The van der Waals surface area contributed by atoms with Crippen LogP contribution in [0.1, 0.15) is 11.1 Å². The first kappa shape index (κ1) is 31.5. The summed E-state index contributed by atoms with van der Waals surface area (Å²) < 4.78 is 11.2. The molecule has 0 aliphatic carbocycles. The maximum Gasteiger partial charge on any atom is 0.412 e. The zero-order chi connectivity index (χ0) is 28.6. The number of carbonyl (C=O) groups is 2. The lowest BCUT2D eigenvalue weighted by Crippen LogP contribution is -2.13. The van der Waals surface area contributed by atoms with Crippen molar-refractivity contribution < 1.29 is 29.3 Å². The van der Waals surface area contributed by atoms with E-state index in [1.807, 2.05) is 60.7 Å². The molecule has 4 rings (SSSR count). The number of rotatable bonds is 5. The Morgan fingerprint density at radius 2 is 1.23 bits per heavy atom. The highest BCUT2D eigenvalue weighted by atomic mass is 79.9. The van der Waals surface area contributed by atoms with Crippen molar-refractivity contribution in [3.63, 3.8) is 0 Å². The second-order valence-electron chi connectivity index (χ2n) is 7.56. The zero-order valence-electron chi connectivity index (χ0n) is 20.4. The van der Waals surface area contributed by atoms with Gasteiger partial charge in [-0.05, 0) is 47.5 Å². The predicted molar refractivity (Wildman–Crippen MR) is 159 cm³/mol. The van der Waals surface area contributed by atoms with E-state index < -0.39 is 11.5 Å². The third kappa shape index (κ3) is 13.1. The summed E-state index contributed by atoms with van der Waals surface area (Å²) in [7, 11) is 0. The van der Waals surface area contributed by atoms with Crippen LogP contribution >= 0.6 is 43.5 Å². The minimum Gasteiger partial charge on any atom is -0.506 e. The van der Waals surface area contributed by atoms with Gasteiger partial charge in [0.2, 0.25) is 0 Å². The third-order valence-electron chi connectivity index (χ3n) is 4.59. The van der Waals surface area contributed by atoms with Gasteiger partial charge in [0.15, 0.2) is 0 Å². The molecule has 0 spiro atoms. The van der Waals surface area contributed by atoms with Crippen molar-refractivity contribution >= 4 is 66.4 Å². The van der Waals surface area contributed by atoms with E-state index in [1.165, 1.54) is 6.07 Å². The Labute approximate surface area is 247 Å². The first-order valence-corrected chi connectivity index (χ1v) is 13.2. The average molecular weight is 681 g/mol. The van der Waals surface area contributed by atoms with Gasteiger partial charge >= 0.3 is 11.5 Å². The molecule has 1 amide bonds. The minimum absolute atomic E-state index is 0.0140. The molecular weight excluding hydrogens is 656 g/mol. The summed E-state index contributed by atoms with van der Waals surface area (Å²) in [5.41, 5.74) is 7.09. The Morgan fingerprint density at radius 1 is 0.744 bits per heavy atom. The maximum atomic E-state index is 11.6. The van der Waals surface area contributed by atoms with Crippen LogP contribution in [0.25, 0.3) is 0 Å². The zero-order valence-corrected chi connectivity index (χ0v) is 24.3. The molecule has 0 aromatic heterocycles. The molecule has 8 nitrogen and oxygen atoms in total. The monoisotopic (exact) mass is 678 g/mol. The van der Waals surface area contributed by atoms with Crippen LogP contribution in [0.15, 0.2) is 106 Å². The number of halogens is 3. The maximum absolute atomic E-state index is 11.6. The lowest BCUT2D eigenvalue weighted by Gasteiger charge is -2.08. The van der Waals surface area contributed by atoms with Gasteiger partial charge in [-0.2, -0.15) is 0 Å². The number of nitrogens with two attached hydrogens (primary N) is 1. The molecule has 0 bridgehead atoms. The average Bonchev–Trinajstić information content (AvgIpc) is 2.92. The van der Waals surface area contributed by atoms with Crippen molar-refractivity contribution in [2.75, 3.05) is 11.1 Å². The molecule has 204 valence electrons. The number of anilines is 2. The van der Waals surface area contributed by atoms with Gasteiger partial charge in [0.25, 0.3) is 0 Å². The normalized spacial score (nSPS) is 9.62. The van der Waals surface area contributed by atoms with Gasteiger partial charge in [0, 0.05) is 20.5 Å². The molecule has 5 N–H and O–H groups in total. The van der Waals surface area contributed by atoms with Gasteiger partial charge in [-0.1, -0.05) is 92.5 Å². The fourth-order valence-corrected chi connectivity index (χ4v) is 3.51. The quantitative estimate of drug-likeness (QED) is 0.0950. The highest BCUT2D eigenvalue weighted by molar-refractivity contribution is 9.10. The van der Waals surface area contributed by atoms with Crippen molar-refractivity contribution in [3.8, 4) is 11.5 Å². The van der Waals surface area contributed by atoms with Crippen LogP contribution in [0.2, 0.25) is 0 Å². The van der Waals surface area contributed by atoms with E-state index in [-0.39, 0.29) is 24.7 Å². The Kier molecular flexibility index (Phi) is 13.7. The summed E-state index contributed by atoms with van der Waals surface area (Å²) in [5.74, 6) is 0.109. The number of amides is 1. The number of benzene rings is 4. The van der Waals surface area contributed by atoms with Crippen LogP contribution in [0.3, 0.4) is 0 Å². The van der Waals surface area contributed by atoms with Gasteiger partial charge in [0.1, 0.15) is 24.7 Å². The number of hydrogen-bond donors (Lipinski definition) is 4. The first-order valence-electron chi connectivity index (χ1n) is 11.2. The van der Waals surface area contributed by atoms with Crippen LogP contribution in [-0.2, 0) is 22.7 Å². The summed E-state index contributed by atoms with van der Waals surface area (Å²) in [5, 5.41) is 21.0. The number of ether oxygens (including phenoxy) is 2. The summed E-state index contributed by atoms with van der Waals surface area (Å²) >= 11 is 11.4. The van der Waals surface area contributed by atoms with E-state index in [1.54, 1.807) is 30.3 Å². The summed E-state index contributed by atoms with van der Waals surface area (Å²) in [6.45, 7) is 0.421. The lowest BCUT2D eigenvalue weighted by molar-refractivity contribution is 0.155. The largest absolute Gasteiger partial charge is 0.506 e. The van der Waals surface area contributed by atoms with Crippen LogP contribution in [0, 0.1) is 0 Å². The summed E-state index contributed by atoms with van der Waals surface area (Å²) in [6.07, 6.45) is -0.614. The van der Waals surface area contributed by atoms with E-state index in [9.17, 15) is 14.7 Å². The molecule has 0 fully saturated rings. The molecule has 0 radical (unpaired) electrons. The van der Waals surface area contributed by atoms with E-state index in [0.717, 1.165) is 20.1 Å². The molecule has 0 unspecified atom stereocenters. The van der Waals surface area contributed by atoms with Crippen LogP contribution in [-0.4, -0.2) is 21.7 Å². The second kappa shape index (κ2) is 17.0. The summed E-state index contributed by atoms with van der Waals surface area (Å²) in [4.78, 5) is 21.7. The molecule has 0 atom stereocenters. The van der Waals surface area contributed by atoms with Crippen molar-refractivity contribution in [2.24, 2.45) is 0 Å². The van der Waals surface area contributed by atoms with Gasteiger partial charge in [-0.15, -0.1) is 0 Å². The van der Waals surface area contributed by atoms with Crippen LogP contribution in [0.5, 0.6) is 11.5 Å². The van der Waals surface area contributed by atoms with Crippen molar-refractivity contribution in [3.05, 3.63) is 117 Å². The van der Waals surface area contributed by atoms with Gasteiger partial charge < -0.3 is 25.4 Å². The Bertz CT molecular complexity index is 1340. The molecule has 4 aromatic rings. The molecule has 39 heavy (non-hydrogen) atoms. The SMILES string of the molecule is Nc1cc(Br)ccc1O.O=C(Cl)OCc1ccccc1.O=C(Nc1cc(Br)ccc1O)OCc1ccccc1. The first-order chi connectivity index (χ1) is 18.6. The molecular formula is C28H25Br2ClN2O6. The highest BCUT2D eigenvalue weighted by Crippen LogP contribution is 2.27. The fourth-order valence-electron chi connectivity index (χ4n) is 2.72. The molecule has 4 aromatic carbocycles. The molecule has 11 heteroatoms. The van der Waals surface area contributed by atoms with Crippen molar-refractivity contribution in [1.29, 1.82) is 0 Å². The van der Waals surface area contributed by atoms with Crippen molar-refractivity contribution in [2.45, 2.75) is 13.2 Å². The predicted octanol–water partition coefficient (Wildman–Crippen LogP) is 8.20. The Morgan fingerprint density at radius 3 is 1.72 bits per heavy atom. The molecule has 0 aliphatic rings. The number of phenols is 2. The number of phenolic OH excluding ortho intramolecular Hbond substituents is 2. The van der Waals surface area contributed by atoms with Gasteiger partial charge in [-0.3, -0.25) is 5.32 Å². The fraction of sp³-hybridized carbons (Fsp3) is 0.0714. The molecule has 0 aliphatic heterocycles. The minimum atomic E-state index is -0.770. The third-order valence-corrected chi connectivity index (χ3v) is 5.69. The number of nitrogens with one attached hydrogen (secondary N) is 1. The van der Waals surface area contributed by atoms with Gasteiger partial charge in [-0.25, -0.2) is 9.59 Å². The molecule has 0 saturated heterocycles. The van der Waals surface area contributed by atoms with E-state index >= 15 is 0 Å². The number of carbonyl (C=O) groups excluding carboxylic acids is 2.